The molecule has 0 bridgehead atoms. The highest BCUT2D eigenvalue weighted by atomic mass is 15.1. The van der Waals surface area contributed by atoms with E-state index in [1.165, 1.54) is 47.9 Å². The minimum atomic E-state index is 1.24. The predicted octanol–water partition coefficient (Wildman–Crippen LogP) is 2.80. The molecule has 0 saturated carbocycles. The molecule has 0 N–H and O–H groups in total. The summed E-state index contributed by atoms with van der Waals surface area (Å²) in [6.45, 7) is 0. The molecule has 1 aliphatic rings. The second-order valence-electron chi connectivity index (χ2n) is 5.31. The van der Waals surface area contributed by atoms with Crippen LogP contribution in [0.3, 0.4) is 0 Å². The molecule has 2 heteroatoms. The number of aryl methyl sites for hydroxylation is 3. The minimum absolute atomic E-state index is 1.24. The number of fused-ring (bicyclic) bond motifs is 4. The average molecular weight is 237 g/mol. The van der Waals surface area contributed by atoms with Crippen molar-refractivity contribution in [3.05, 3.63) is 47.7 Å². The van der Waals surface area contributed by atoms with Gasteiger partial charge in [0.15, 0.2) is 11.0 Å². The largest absolute Gasteiger partial charge is 0.287 e. The lowest BCUT2D eigenvalue weighted by molar-refractivity contribution is -0.618. The monoisotopic (exact) mass is 237 g/mol. The van der Waals surface area contributed by atoms with Gasteiger partial charge in [-0.15, -0.1) is 0 Å². The Morgan fingerprint density at radius 1 is 1.06 bits per heavy atom. The first-order valence-electron chi connectivity index (χ1n) is 6.75. The van der Waals surface area contributed by atoms with Crippen molar-refractivity contribution in [2.75, 3.05) is 0 Å². The van der Waals surface area contributed by atoms with E-state index < -0.39 is 0 Å². The van der Waals surface area contributed by atoms with E-state index in [4.69, 9.17) is 0 Å². The topological polar surface area (TPSA) is 8.29 Å². The molecule has 0 unspecified atom stereocenters. The van der Waals surface area contributed by atoms with Gasteiger partial charge < -0.3 is 0 Å². The minimum Gasteiger partial charge on any atom is -0.226 e. The van der Waals surface area contributed by atoms with Crippen molar-refractivity contribution in [2.45, 2.75) is 25.7 Å². The van der Waals surface area contributed by atoms with E-state index in [0.717, 1.165) is 0 Å². The Hall–Kier alpha value is -1.83. The van der Waals surface area contributed by atoms with E-state index in [9.17, 15) is 0 Å². The molecule has 0 amide bonds. The van der Waals surface area contributed by atoms with Gasteiger partial charge in [-0.2, -0.15) is 4.40 Å². The van der Waals surface area contributed by atoms with Gasteiger partial charge in [-0.1, -0.05) is 12.1 Å². The van der Waals surface area contributed by atoms with Gasteiger partial charge in [0.1, 0.15) is 6.20 Å². The summed E-state index contributed by atoms with van der Waals surface area (Å²) in [7, 11) is 2.16. The lowest BCUT2D eigenvalue weighted by Crippen LogP contribution is -2.27. The third-order valence-corrected chi connectivity index (χ3v) is 4.24. The van der Waals surface area contributed by atoms with Gasteiger partial charge in [0.25, 0.3) is 5.65 Å². The van der Waals surface area contributed by atoms with Crippen LogP contribution in [0.2, 0.25) is 0 Å². The number of rotatable bonds is 0. The normalized spacial score (nSPS) is 15.2. The first-order valence-corrected chi connectivity index (χ1v) is 6.75. The van der Waals surface area contributed by atoms with Crippen molar-refractivity contribution in [1.82, 2.24) is 4.40 Å². The van der Waals surface area contributed by atoms with Crippen LogP contribution in [0.25, 0.3) is 16.7 Å². The highest BCUT2D eigenvalue weighted by Crippen LogP contribution is 2.24. The molecule has 4 rings (SSSR count). The molecular weight excluding hydrogens is 220 g/mol. The Morgan fingerprint density at radius 3 is 2.72 bits per heavy atom. The van der Waals surface area contributed by atoms with Crippen LogP contribution in [0.4, 0.5) is 0 Å². The van der Waals surface area contributed by atoms with Gasteiger partial charge in [0, 0.05) is 6.07 Å². The number of hydrogen-bond donors (Lipinski definition) is 0. The van der Waals surface area contributed by atoms with E-state index >= 15 is 0 Å². The highest BCUT2D eigenvalue weighted by Gasteiger charge is 2.19. The number of nitrogens with zero attached hydrogens (tertiary/aromatic N) is 2. The Balaban J connectivity index is 2.17. The zero-order valence-electron chi connectivity index (χ0n) is 10.7. The van der Waals surface area contributed by atoms with Crippen LogP contribution in [0.15, 0.2) is 36.5 Å². The second kappa shape index (κ2) is 3.58. The van der Waals surface area contributed by atoms with E-state index in [1.54, 1.807) is 5.56 Å². The molecule has 3 aromatic rings. The quantitative estimate of drug-likeness (QED) is 0.531. The SMILES string of the molecule is C[n+]1c2ccccc2n2cc3c(cc21)CCCC3. The van der Waals surface area contributed by atoms with Crippen molar-refractivity contribution < 1.29 is 4.57 Å². The average Bonchev–Trinajstić information content (AvgIpc) is 2.71. The molecule has 0 spiro atoms. The fourth-order valence-corrected chi connectivity index (χ4v) is 3.24. The van der Waals surface area contributed by atoms with E-state index in [1.807, 2.05) is 0 Å². The summed E-state index contributed by atoms with van der Waals surface area (Å²) in [5, 5.41) is 0. The molecule has 0 radical (unpaired) electrons. The molecular formula is C16H17N2+. The summed E-state index contributed by atoms with van der Waals surface area (Å²) in [6.07, 6.45) is 7.51. The van der Waals surface area contributed by atoms with Gasteiger partial charge in [-0.25, -0.2) is 4.57 Å². The summed E-state index contributed by atoms with van der Waals surface area (Å²) in [4.78, 5) is 0. The Labute approximate surface area is 106 Å². The first-order chi connectivity index (χ1) is 8.84. The molecule has 90 valence electrons. The summed E-state index contributed by atoms with van der Waals surface area (Å²) in [5.41, 5.74) is 7.00. The zero-order chi connectivity index (χ0) is 12.1. The maximum absolute atomic E-state index is 2.38. The third-order valence-electron chi connectivity index (χ3n) is 4.24. The van der Waals surface area contributed by atoms with Crippen molar-refractivity contribution in [3.63, 3.8) is 0 Å². The molecule has 18 heavy (non-hydrogen) atoms. The second-order valence-corrected chi connectivity index (χ2v) is 5.31. The molecule has 0 aliphatic heterocycles. The van der Waals surface area contributed by atoms with Crippen LogP contribution in [0, 0.1) is 0 Å². The van der Waals surface area contributed by atoms with Gasteiger partial charge in [0.2, 0.25) is 0 Å². The summed E-state index contributed by atoms with van der Waals surface area (Å²) < 4.78 is 4.64. The Morgan fingerprint density at radius 2 is 1.83 bits per heavy atom. The van der Waals surface area contributed by atoms with Crippen LogP contribution in [0.1, 0.15) is 24.0 Å². The molecule has 0 fully saturated rings. The van der Waals surface area contributed by atoms with Crippen molar-refractivity contribution in [3.8, 4) is 0 Å². The van der Waals surface area contributed by atoms with Gasteiger partial charge in [0.05, 0.1) is 7.05 Å². The van der Waals surface area contributed by atoms with Gasteiger partial charge in [-0.05, 0) is 48.9 Å². The Bertz CT molecular complexity index is 752. The molecule has 0 atom stereocenters. The van der Waals surface area contributed by atoms with Gasteiger partial charge in [-0.3, -0.25) is 0 Å². The van der Waals surface area contributed by atoms with E-state index in [-0.39, 0.29) is 0 Å². The van der Waals surface area contributed by atoms with Crippen molar-refractivity contribution >= 4 is 16.7 Å². The predicted molar refractivity (Wildman–Crippen MR) is 72.7 cm³/mol. The molecule has 1 aromatic carbocycles. The van der Waals surface area contributed by atoms with E-state index in [2.05, 4.69) is 52.5 Å². The van der Waals surface area contributed by atoms with E-state index in [0.29, 0.717) is 0 Å². The summed E-state index contributed by atoms with van der Waals surface area (Å²) >= 11 is 0. The van der Waals surface area contributed by atoms with Crippen LogP contribution in [-0.4, -0.2) is 4.40 Å². The number of benzene rings is 1. The smallest absolute Gasteiger partial charge is 0.226 e. The standard InChI is InChI=1S/C16H17N2/c1-17-14-8-4-5-9-15(14)18-11-13-7-3-2-6-12(13)10-16(17)18/h4-5,8-11H,2-3,6-7H2,1H3/q+1. The maximum atomic E-state index is 2.38. The summed E-state index contributed by atoms with van der Waals surface area (Å²) in [5.74, 6) is 0. The number of imidazole rings is 1. The molecule has 2 nitrogen and oxygen atoms in total. The third kappa shape index (κ3) is 1.26. The maximum Gasteiger partial charge on any atom is 0.287 e. The first kappa shape index (κ1) is 10.1. The molecule has 1 aliphatic carbocycles. The summed E-state index contributed by atoms with van der Waals surface area (Å²) in [6, 6.07) is 11.0. The fourth-order valence-electron chi connectivity index (χ4n) is 3.24. The molecule has 0 saturated heterocycles. The van der Waals surface area contributed by atoms with Crippen molar-refractivity contribution in [2.24, 2.45) is 7.05 Å². The number of hydrogen-bond acceptors (Lipinski definition) is 0. The highest BCUT2D eigenvalue weighted by molar-refractivity contribution is 5.75. The number of pyridine rings is 1. The number of aromatic nitrogens is 2. The van der Waals surface area contributed by atoms with Crippen LogP contribution >= 0.6 is 0 Å². The van der Waals surface area contributed by atoms with Crippen molar-refractivity contribution in [1.29, 1.82) is 0 Å². The zero-order valence-corrected chi connectivity index (χ0v) is 10.7. The lowest BCUT2D eigenvalue weighted by atomic mass is 9.93. The van der Waals surface area contributed by atoms with Crippen LogP contribution in [-0.2, 0) is 19.9 Å². The van der Waals surface area contributed by atoms with Gasteiger partial charge >= 0.3 is 0 Å². The fraction of sp³-hybridized carbons (Fsp3) is 0.312. The number of para-hydroxylation sites is 2. The molecule has 2 aromatic heterocycles. The van der Waals surface area contributed by atoms with Crippen LogP contribution in [0.5, 0.6) is 0 Å². The Kier molecular flexibility index (Phi) is 2.01. The lowest BCUT2D eigenvalue weighted by Gasteiger charge is -2.13. The van der Waals surface area contributed by atoms with Crippen LogP contribution < -0.4 is 4.57 Å². The molecule has 2 heterocycles.